The van der Waals surface area contributed by atoms with Gasteiger partial charge in [-0.3, -0.25) is 4.79 Å². The Kier molecular flexibility index (Phi) is 12.2. The largest absolute Gasteiger partial charge is 0.486 e. The molecule has 0 bridgehead atoms. The molecule has 0 saturated heterocycles. The smallest absolute Gasteiger partial charge is 0.340 e. The average molecular weight is 769 g/mol. The van der Waals surface area contributed by atoms with Crippen LogP contribution in [0.4, 0.5) is 23.2 Å². The van der Waals surface area contributed by atoms with E-state index in [-0.39, 0.29) is 34.8 Å². The highest BCUT2D eigenvalue weighted by molar-refractivity contribution is 6.30. The SMILES string of the molecule is CCCCC(CC)CN1c2ccc(/C(=N\OC(C)=O)c3ccccc3OCC(F)(F)C(F)F)cc2C2C=C(C(=O)c3c(C)cc(C)cc3C)c3ccccc3C21. The third-order valence-corrected chi connectivity index (χ3v) is 10.9. The number of hydrogen-bond donors (Lipinski definition) is 0. The number of unbranched alkanes of at least 4 members (excludes halogenated alkanes) is 1. The molecule has 3 unspecified atom stereocenters. The second-order valence-corrected chi connectivity index (χ2v) is 15.0. The molecule has 0 fully saturated rings. The molecule has 6 nitrogen and oxygen atoms in total. The van der Waals surface area contributed by atoms with Crippen molar-refractivity contribution in [3.05, 3.63) is 135 Å². The van der Waals surface area contributed by atoms with Crippen molar-refractivity contribution >= 4 is 28.7 Å². The first-order valence-corrected chi connectivity index (χ1v) is 19.2. The molecule has 0 radical (unpaired) electrons. The van der Waals surface area contributed by atoms with Gasteiger partial charge in [0.05, 0.1) is 6.04 Å². The van der Waals surface area contributed by atoms with Crippen LogP contribution in [-0.4, -0.2) is 43.0 Å². The third-order valence-electron chi connectivity index (χ3n) is 10.9. The van der Waals surface area contributed by atoms with Crippen LogP contribution >= 0.6 is 0 Å². The molecule has 1 aliphatic heterocycles. The molecular formula is C46H48F4N2O4. The lowest BCUT2D eigenvalue weighted by Gasteiger charge is -2.36. The van der Waals surface area contributed by atoms with Crippen molar-refractivity contribution in [2.75, 3.05) is 18.1 Å². The van der Waals surface area contributed by atoms with Crippen molar-refractivity contribution in [3.63, 3.8) is 0 Å². The van der Waals surface area contributed by atoms with Gasteiger partial charge in [-0.2, -0.15) is 8.78 Å². The fourth-order valence-corrected chi connectivity index (χ4v) is 8.23. The molecule has 3 atom stereocenters. The van der Waals surface area contributed by atoms with E-state index in [9.17, 15) is 27.2 Å². The molecule has 294 valence electrons. The minimum absolute atomic E-state index is 0.0554. The number of para-hydroxylation sites is 1. The van der Waals surface area contributed by atoms with Crippen molar-refractivity contribution < 1.29 is 36.7 Å². The molecule has 0 N–H and O–H groups in total. The Balaban J connectivity index is 1.53. The highest BCUT2D eigenvalue weighted by atomic mass is 19.3. The predicted octanol–water partition coefficient (Wildman–Crippen LogP) is 11.3. The van der Waals surface area contributed by atoms with Gasteiger partial charge in [0.25, 0.3) is 0 Å². The number of nitrogens with zero attached hydrogens (tertiary/aromatic N) is 2. The first-order valence-electron chi connectivity index (χ1n) is 19.2. The highest BCUT2D eigenvalue weighted by Gasteiger charge is 2.45. The van der Waals surface area contributed by atoms with Crippen molar-refractivity contribution in [1.29, 1.82) is 0 Å². The number of ether oxygens (including phenoxy) is 1. The lowest BCUT2D eigenvalue weighted by Crippen LogP contribution is -2.34. The van der Waals surface area contributed by atoms with E-state index < -0.39 is 24.9 Å². The molecular weight excluding hydrogens is 721 g/mol. The lowest BCUT2D eigenvalue weighted by molar-refractivity contribution is -0.148. The molecule has 2 aliphatic rings. The third kappa shape index (κ3) is 8.15. The average Bonchev–Trinajstić information content (AvgIpc) is 3.47. The topological polar surface area (TPSA) is 68.2 Å². The van der Waals surface area contributed by atoms with E-state index in [4.69, 9.17) is 9.57 Å². The van der Waals surface area contributed by atoms with Gasteiger partial charge < -0.3 is 14.5 Å². The normalized spacial score (nSPS) is 16.9. The first kappa shape index (κ1) is 40.4. The molecule has 0 spiro atoms. The summed E-state index contributed by atoms with van der Waals surface area (Å²) in [4.78, 5) is 34.3. The number of Topliss-reactive ketones (excluding diaryl/α,β-unsaturated/α-hetero) is 1. The quantitative estimate of drug-likeness (QED) is 0.0396. The molecule has 0 amide bonds. The van der Waals surface area contributed by atoms with Gasteiger partial charge in [0, 0.05) is 47.3 Å². The van der Waals surface area contributed by atoms with Crippen molar-refractivity contribution in [3.8, 4) is 5.75 Å². The number of anilines is 1. The van der Waals surface area contributed by atoms with Crippen LogP contribution in [0, 0.1) is 26.7 Å². The molecule has 6 rings (SSSR count). The fourth-order valence-electron chi connectivity index (χ4n) is 8.23. The van der Waals surface area contributed by atoms with Gasteiger partial charge in [-0.25, -0.2) is 13.6 Å². The summed E-state index contributed by atoms with van der Waals surface area (Å²) < 4.78 is 59.5. The first-order chi connectivity index (χ1) is 26.7. The van der Waals surface area contributed by atoms with Gasteiger partial charge in [-0.05, 0) is 85.2 Å². The monoisotopic (exact) mass is 768 g/mol. The molecule has 1 heterocycles. The van der Waals surface area contributed by atoms with E-state index >= 15 is 0 Å². The van der Waals surface area contributed by atoms with E-state index in [2.05, 4.69) is 36.0 Å². The van der Waals surface area contributed by atoms with Crippen LogP contribution in [0.25, 0.3) is 5.57 Å². The number of halogens is 4. The number of allylic oxidation sites excluding steroid dienone is 1. The number of hydrogen-bond acceptors (Lipinski definition) is 6. The van der Waals surface area contributed by atoms with Crippen LogP contribution in [0.5, 0.6) is 5.75 Å². The standard InChI is InChI=1S/C46H48F4N2O4/c1-7-9-14-31(8-2)25-52-39-20-19-32(42(51-56-30(6)53)35-17-12-13-18-40(35)55-26-46(49,50)45(47)48)23-36(39)37-24-38(33-15-10-11-16-34(33)43(37)52)44(54)41-28(4)21-27(3)22-29(41)5/h10-13,15-24,31,37,43,45H,7-9,14,25-26H2,1-6H3/b51-42+. The van der Waals surface area contributed by atoms with E-state index in [1.807, 2.05) is 69.3 Å². The summed E-state index contributed by atoms with van der Waals surface area (Å²) in [5.41, 5.74) is 8.74. The van der Waals surface area contributed by atoms with Crippen molar-refractivity contribution in [2.45, 2.75) is 91.5 Å². The Bertz CT molecular complexity index is 2150. The van der Waals surface area contributed by atoms with E-state index in [0.717, 1.165) is 71.3 Å². The molecule has 4 aromatic rings. The van der Waals surface area contributed by atoms with Gasteiger partial charge in [0.2, 0.25) is 0 Å². The van der Waals surface area contributed by atoms with Crippen LogP contribution in [0.1, 0.15) is 113 Å². The number of aryl methyl sites for hydroxylation is 3. The zero-order chi connectivity index (χ0) is 40.3. The second-order valence-electron chi connectivity index (χ2n) is 15.0. The Morgan fingerprint density at radius 1 is 0.911 bits per heavy atom. The zero-order valence-electron chi connectivity index (χ0n) is 32.7. The number of carbonyl (C=O) groups excluding carboxylic acids is 2. The van der Waals surface area contributed by atoms with Gasteiger partial charge in [0.1, 0.15) is 11.5 Å². The minimum Gasteiger partial charge on any atom is -0.486 e. The molecule has 1 aliphatic carbocycles. The number of fused-ring (bicyclic) bond motifs is 5. The summed E-state index contributed by atoms with van der Waals surface area (Å²) in [6.45, 7) is 10.7. The zero-order valence-corrected chi connectivity index (χ0v) is 32.7. The molecule has 10 heteroatoms. The van der Waals surface area contributed by atoms with Gasteiger partial charge in [0.15, 0.2) is 12.4 Å². The second kappa shape index (κ2) is 16.9. The van der Waals surface area contributed by atoms with Gasteiger partial charge in [-0.1, -0.05) is 105 Å². The summed E-state index contributed by atoms with van der Waals surface area (Å²) >= 11 is 0. The maximum Gasteiger partial charge on any atom is 0.340 e. The number of benzene rings is 4. The maximum atomic E-state index is 14.7. The number of rotatable bonds is 15. The molecule has 56 heavy (non-hydrogen) atoms. The Morgan fingerprint density at radius 2 is 1.61 bits per heavy atom. The van der Waals surface area contributed by atoms with E-state index in [1.54, 1.807) is 12.1 Å². The summed E-state index contributed by atoms with van der Waals surface area (Å²) in [6, 6.07) is 23.8. The molecule has 0 saturated carbocycles. The van der Waals surface area contributed by atoms with Gasteiger partial charge in [-0.15, -0.1) is 0 Å². The van der Waals surface area contributed by atoms with Crippen molar-refractivity contribution in [2.24, 2.45) is 11.1 Å². The highest BCUT2D eigenvalue weighted by Crippen LogP contribution is 2.55. The Morgan fingerprint density at radius 3 is 2.29 bits per heavy atom. The van der Waals surface area contributed by atoms with Crippen LogP contribution < -0.4 is 9.64 Å². The number of alkyl halides is 4. The lowest BCUT2D eigenvalue weighted by atomic mass is 9.76. The van der Waals surface area contributed by atoms with Crippen LogP contribution in [0.3, 0.4) is 0 Å². The summed E-state index contributed by atoms with van der Waals surface area (Å²) in [5.74, 6) is -5.17. The van der Waals surface area contributed by atoms with Crippen LogP contribution in [0.2, 0.25) is 0 Å². The van der Waals surface area contributed by atoms with E-state index in [0.29, 0.717) is 22.6 Å². The van der Waals surface area contributed by atoms with Crippen LogP contribution in [0.15, 0.2) is 90.1 Å². The number of ketones is 1. The minimum atomic E-state index is -4.39. The van der Waals surface area contributed by atoms with Crippen LogP contribution in [-0.2, 0) is 9.63 Å². The predicted molar refractivity (Wildman–Crippen MR) is 212 cm³/mol. The summed E-state index contributed by atoms with van der Waals surface area (Å²) in [5, 5.41) is 4.16. The van der Waals surface area contributed by atoms with Gasteiger partial charge >= 0.3 is 18.3 Å². The maximum absolute atomic E-state index is 14.7. The summed E-state index contributed by atoms with van der Waals surface area (Å²) in [7, 11) is 0. The number of oxime groups is 1. The molecule has 4 aromatic carbocycles. The Labute approximate surface area is 326 Å². The number of carbonyl (C=O) groups is 2. The van der Waals surface area contributed by atoms with Crippen molar-refractivity contribution in [1.82, 2.24) is 0 Å². The van der Waals surface area contributed by atoms with E-state index in [1.165, 1.54) is 19.1 Å². The Hall–Kier alpha value is -5.25. The summed E-state index contributed by atoms with van der Waals surface area (Å²) in [6.07, 6.45) is 2.42. The fraction of sp³-hybridized carbons (Fsp3) is 0.370. The molecule has 0 aromatic heterocycles.